The zero-order valence-corrected chi connectivity index (χ0v) is 19.9. The molecule has 0 saturated heterocycles. The van der Waals surface area contributed by atoms with Gasteiger partial charge in [0.25, 0.3) is 0 Å². The van der Waals surface area contributed by atoms with Crippen LogP contribution in [0.3, 0.4) is 0 Å². The lowest BCUT2D eigenvalue weighted by Gasteiger charge is -2.29. The minimum atomic E-state index is -0.695. The second kappa shape index (κ2) is 12.1. The number of carbonyl (C=O) groups excluding carboxylic acids is 2. The van der Waals surface area contributed by atoms with Gasteiger partial charge in [0.05, 0.1) is 5.75 Å². The summed E-state index contributed by atoms with van der Waals surface area (Å²) in [6.45, 7) is 5.65. The van der Waals surface area contributed by atoms with Crippen molar-refractivity contribution < 1.29 is 14.0 Å². The fraction of sp³-hybridized carbons (Fsp3) is 0.391. The van der Waals surface area contributed by atoms with E-state index in [0.29, 0.717) is 11.3 Å². The van der Waals surface area contributed by atoms with Crippen LogP contribution in [0.25, 0.3) is 0 Å². The Morgan fingerprint density at radius 3 is 2.43 bits per heavy atom. The lowest BCUT2D eigenvalue weighted by molar-refractivity contribution is -0.139. The predicted octanol–water partition coefficient (Wildman–Crippen LogP) is 5.15. The van der Waals surface area contributed by atoms with Gasteiger partial charge in [0.15, 0.2) is 0 Å². The normalized spacial score (nSPS) is 12.8. The fourth-order valence-corrected chi connectivity index (χ4v) is 3.91. The first-order chi connectivity index (χ1) is 14.3. The maximum Gasteiger partial charge on any atom is 0.242 e. The summed E-state index contributed by atoms with van der Waals surface area (Å²) in [5.74, 6) is 0.0947. The van der Waals surface area contributed by atoms with Crippen LogP contribution in [0.15, 0.2) is 53.0 Å². The molecule has 2 aromatic rings. The number of nitrogens with zero attached hydrogens (tertiary/aromatic N) is 1. The third kappa shape index (κ3) is 7.43. The van der Waals surface area contributed by atoms with E-state index < -0.39 is 6.04 Å². The first kappa shape index (κ1) is 24.4. The van der Waals surface area contributed by atoms with Gasteiger partial charge in [0, 0.05) is 28.4 Å². The number of rotatable bonds is 10. The van der Waals surface area contributed by atoms with E-state index in [-0.39, 0.29) is 36.0 Å². The molecule has 4 nitrogen and oxygen atoms in total. The molecular weight excluding hydrogens is 467 g/mol. The van der Waals surface area contributed by atoms with E-state index >= 15 is 0 Å². The van der Waals surface area contributed by atoms with Crippen molar-refractivity contribution in [1.29, 1.82) is 0 Å². The number of nitrogens with one attached hydrogen (secondary N) is 1. The molecule has 0 fully saturated rings. The average molecular weight is 495 g/mol. The van der Waals surface area contributed by atoms with Gasteiger partial charge in [-0.2, -0.15) is 0 Å². The highest BCUT2D eigenvalue weighted by molar-refractivity contribution is 9.10. The summed E-state index contributed by atoms with van der Waals surface area (Å²) < 4.78 is 15.2. The molecule has 30 heavy (non-hydrogen) atoms. The lowest BCUT2D eigenvalue weighted by atomic mass is 10.1. The molecule has 0 aliphatic carbocycles. The number of thioether (sulfide) groups is 1. The fourth-order valence-electron chi connectivity index (χ4n) is 2.78. The van der Waals surface area contributed by atoms with Crippen molar-refractivity contribution in [3.05, 3.63) is 69.9 Å². The van der Waals surface area contributed by atoms with Crippen molar-refractivity contribution in [2.75, 3.05) is 5.75 Å². The predicted molar refractivity (Wildman–Crippen MR) is 125 cm³/mol. The van der Waals surface area contributed by atoms with Crippen molar-refractivity contribution in [2.45, 2.75) is 51.6 Å². The molecule has 2 rings (SSSR count). The standard InChI is InChI=1S/C23H28BrFN2O2S/c1-4-16(2)26-23(29)17(3)27(13-19-7-5-6-8-21(19)25)22(28)15-30-14-18-9-11-20(24)12-10-18/h5-12,16-17H,4,13-15H2,1-3H3,(H,26,29)/t16-,17-/m0/s1. The average Bonchev–Trinajstić information content (AvgIpc) is 2.73. The van der Waals surface area contributed by atoms with Gasteiger partial charge in [0.2, 0.25) is 11.8 Å². The van der Waals surface area contributed by atoms with Crippen LogP contribution >= 0.6 is 27.7 Å². The zero-order valence-electron chi connectivity index (χ0n) is 17.5. The summed E-state index contributed by atoms with van der Waals surface area (Å²) >= 11 is 4.89. The van der Waals surface area contributed by atoms with E-state index in [2.05, 4.69) is 21.2 Å². The largest absolute Gasteiger partial charge is 0.352 e. The lowest BCUT2D eigenvalue weighted by Crippen LogP contribution is -2.50. The Labute approximate surface area is 190 Å². The molecule has 0 aliphatic rings. The number of hydrogen-bond acceptors (Lipinski definition) is 3. The smallest absolute Gasteiger partial charge is 0.242 e. The Balaban J connectivity index is 2.08. The molecule has 0 bridgehead atoms. The van der Waals surface area contributed by atoms with Gasteiger partial charge in [-0.15, -0.1) is 11.8 Å². The number of carbonyl (C=O) groups is 2. The minimum absolute atomic E-state index is 0.0112. The van der Waals surface area contributed by atoms with Gasteiger partial charge in [-0.25, -0.2) is 4.39 Å². The molecule has 1 N–H and O–H groups in total. The molecule has 0 spiro atoms. The minimum Gasteiger partial charge on any atom is -0.352 e. The number of hydrogen-bond donors (Lipinski definition) is 1. The highest BCUT2D eigenvalue weighted by Crippen LogP contribution is 2.19. The van der Waals surface area contributed by atoms with Crippen LogP contribution in [-0.4, -0.2) is 34.6 Å². The molecule has 0 saturated carbocycles. The van der Waals surface area contributed by atoms with E-state index in [1.807, 2.05) is 38.1 Å². The molecule has 0 unspecified atom stereocenters. The molecule has 0 radical (unpaired) electrons. The Hall–Kier alpha value is -1.86. The second-order valence-electron chi connectivity index (χ2n) is 7.23. The van der Waals surface area contributed by atoms with Gasteiger partial charge in [-0.3, -0.25) is 9.59 Å². The van der Waals surface area contributed by atoms with Gasteiger partial charge in [-0.1, -0.05) is 53.2 Å². The molecule has 162 valence electrons. The van der Waals surface area contributed by atoms with Gasteiger partial charge in [-0.05, 0) is 44.0 Å². The molecular formula is C23H28BrFN2O2S. The highest BCUT2D eigenvalue weighted by atomic mass is 79.9. The summed E-state index contributed by atoms with van der Waals surface area (Å²) in [5.41, 5.74) is 1.51. The Kier molecular flexibility index (Phi) is 9.85. The third-order valence-electron chi connectivity index (χ3n) is 4.87. The van der Waals surface area contributed by atoms with Crippen LogP contribution in [0.4, 0.5) is 4.39 Å². The monoisotopic (exact) mass is 494 g/mol. The van der Waals surface area contributed by atoms with E-state index in [4.69, 9.17) is 0 Å². The number of benzene rings is 2. The Morgan fingerprint density at radius 2 is 1.80 bits per heavy atom. The van der Waals surface area contributed by atoms with Crippen LogP contribution in [0, 0.1) is 5.82 Å². The Bertz CT molecular complexity index is 847. The van der Waals surface area contributed by atoms with Crippen molar-refractivity contribution in [3.63, 3.8) is 0 Å². The highest BCUT2D eigenvalue weighted by Gasteiger charge is 2.27. The van der Waals surface area contributed by atoms with Crippen LogP contribution in [-0.2, 0) is 21.9 Å². The Morgan fingerprint density at radius 1 is 1.13 bits per heavy atom. The summed E-state index contributed by atoms with van der Waals surface area (Å²) in [5, 5.41) is 2.91. The molecule has 2 amide bonds. The molecule has 2 atom stereocenters. The van der Waals surface area contributed by atoms with Crippen molar-refractivity contribution in [3.8, 4) is 0 Å². The first-order valence-electron chi connectivity index (χ1n) is 9.97. The number of amides is 2. The zero-order chi connectivity index (χ0) is 22.1. The van der Waals surface area contributed by atoms with Crippen LogP contribution in [0.1, 0.15) is 38.3 Å². The summed E-state index contributed by atoms with van der Waals surface area (Å²) in [6, 6.07) is 13.6. The van der Waals surface area contributed by atoms with Gasteiger partial charge >= 0.3 is 0 Å². The second-order valence-corrected chi connectivity index (χ2v) is 9.13. The topological polar surface area (TPSA) is 49.4 Å². The van der Waals surface area contributed by atoms with E-state index in [1.165, 1.54) is 22.7 Å². The van der Waals surface area contributed by atoms with Crippen LogP contribution in [0.2, 0.25) is 0 Å². The molecule has 0 heterocycles. The van der Waals surface area contributed by atoms with E-state index in [1.54, 1.807) is 25.1 Å². The SMILES string of the molecule is CC[C@H](C)NC(=O)[C@H](C)N(Cc1ccccc1F)C(=O)CSCc1ccc(Br)cc1. The third-order valence-corrected chi connectivity index (χ3v) is 6.39. The quantitative estimate of drug-likeness (QED) is 0.496. The summed E-state index contributed by atoms with van der Waals surface area (Å²) in [4.78, 5) is 27.1. The molecule has 2 aromatic carbocycles. The van der Waals surface area contributed by atoms with Crippen molar-refractivity contribution in [2.24, 2.45) is 0 Å². The van der Waals surface area contributed by atoms with Crippen LogP contribution < -0.4 is 5.32 Å². The summed E-state index contributed by atoms with van der Waals surface area (Å²) in [6.07, 6.45) is 0.794. The first-order valence-corrected chi connectivity index (χ1v) is 11.9. The molecule has 0 aliphatic heterocycles. The van der Waals surface area contributed by atoms with E-state index in [0.717, 1.165) is 16.5 Å². The summed E-state index contributed by atoms with van der Waals surface area (Å²) in [7, 11) is 0. The molecule has 7 heteroatoms. The van der Waals surface area contributed by atoms with Gasteiger partial charge in [0.1, 0.15) is 11.9 Å². The van der Waals surface area contributed by atoms with Crippen LogP contribution in [0.5, 0.6) is 0 Å². The van der Waals surface area contributed by atoms with Crippen molar-refractivity contribution >= 4 is 39.5 Å². The molecule has 0 aromatic heterocycles. The van der Waals surface area contributed by atoms with Gasteiger partial charge < -0.3 is 10.2 Å². The van der Waals surface area contributed by atoms with Crippen molar-refractivity contribution in [1.82, 2.24) is 10.2 Å². The maximum absolute atomic E-state index is 14.2. The number of halogens is 2. The maximum atomic E-state index is 14.2. The van der Waals surface area contributed by atoms with E-state index in [9.17, 15) is 14.0 Å².